The van der Waals surface area contributed by atoms with Gasteiger partial charge in [0, 0.05) is 45.1 Å². The first-order valence-electron chi connectivity index (χ1n) is 9.01. The Morgan fingerprint density at radius 3 is 2.00 bits per heavy atom. The zero-order chi connectivity index (χ0) is 16.2. The van der Waals surface area contributed by atoms with Gasteiger partial charge in [-0.1, -0.05) is 0 Å². The Bertz CT molecular complexity index is 421. The quantitative estimate of drug-likeness (QED) is 0.745. The molecule has 3 rings (SSSR count). The molecule has 0 spiro atoms. The molecule has 6 heteroatoms. The Kier molecular flexibility index (Phi) is 5.54. The van der Waals surface area contributed by atoms with E-state index in [-0.39, 0.29) is 11.8 Å². The standard InChI is InChI=1S/C17H29N3O3/c1-14(21)18-8-4-16(5-9-18)19-6-2-15(3-7-19)17(22)20-10-12-23-13-11-20/h15-16H,2-13H2,1H3. The molecule has 0 radical (unpaired) electrons. The number of rotatable bonds is 2. The molecule has 0 aromatic rings. The molecule has 3 heterocycles. The summed E-state index contributed by atoms with van der Waals surface area (Å²) in [6.45, 7) is 8.32. The van der Waals surface area contributed by atoms with Crippen LogP contribution in [0.5, 0.6) is 0 Å². The van der Waals surface area contributed by atoms with Crippen molar-refractivity contribution in [2.45, 2.75) is 38.6 Å². The molecule has 3 aliphatic heterocycles. The highest BCUT2D eigenvalue weighted by Crippen LogP contribution is 2.25. The average molecular weight is 323 g/mol. The lowest BCUT2D eigenvalue weighted by molar-refractivity contribution is -0.141. The third-order valence-electron chi connectivity index (χ3n) is 5.63. The molecule has 6 nitrogen and oxygen atoms in total. The Labute approximate surface area is 138 Å². The van der Waals surface area contributed by atoms with Crippen LogP contribution < -0.4 is 0 Å². The van der Waals surface area contributed by atoms with Crippen molar-refractivity contribution in [2.24, 2.45) is 5.92 Å². The third kappa shape index (κ3) is 4.04. The molecular weight excluding hydrogens is 294 g/mol. The summed E-state index contributed by atoms with van der Waals surface area (Å²) >= 11 is 0. The van der Waals surface area contributed by atoms with Gasteiger partial charge in [-0.3, -0.25) is 9.59 Å². The predicted molar refractivity (Wildman–Crippen MR) is 87.0 cm³/mol. The number of nitrogens with zero attached hydrogens (tertiary/aromatic N) is 3. The van der Waals surface area contributed by atoms with E-state index in [1.165, 1.54) is 0 Å². The first-order chi connectivity index (χ1) is 11.1. The lowest BCUT2D eigenvalue weighted by atomic mass is 9.92. The number of hydrogen-bond acceptors (Lipinski definition) is 4. The summed E-state index contributed by atoms with van der Waals surface area (Å²) in [5, 5.41) is 0. The van der Waals surface area contributed by atoms with Gasteiger partial charge in [0.1, 0.15) is 0 Å². The van der Waals surface area contributed by atoms with Crippen LogP contribution in [0.3, 0.4) is 0 Å². The van der Waals surface area contributed by atoms with Crippen LogP contribution in [0, 0.1) is 5.92 Å². The number of carbonyl (C=O) groups excluding carboxylic acids is 2. The van der Waals surface area contributed by atoms with Crippen LogP contribution in [-0.2, 0) is 14.3 Å². The molecule has 3 saturated heterocycles. The van der Waals surface area contributed by atoms with E-state index in [0.29, 0.717) is 25.2 Å². The predicted octanol–water partition coefficient (Wildman–Crippen LogP) is 0.568. The van der Waals surface area contributed by atoms with Crippen LogP contribution >= 0.6 is 0 Å². The fourth-order valence-corrected chi connectivity index (χ4v) is 4.10. The van der Waals surface area contributed by atoms with E-state index in [2.05, 4.69) is 4.90 Å². The van der Waals surface area contributed by atoms with Crippen LogP contribution in [0.25, 0.3) is 0 Å². The van der Waals surface area contributed by atoms with E-state index in [0.717, 1.165) is 65.0 Å². The van der Waals surface area contributed by atoms with Gasteiger partial charge in [-0.25, -0.2) is 0 Å². The maximum atomic E-state index is 12.6. The molecule has 0 aliphatic carbocycles. The zero-order valence-electron chi connectivity index (χ0n) is 14.2. The maximum Gasteiger partial charge on any atom is 0.225 e. The van der Waals surface area contributed by atoms with Gasteiger partial charge in [0.15, 0.2) is 0 Å². The number of carbonyl (C=O) groups is 2. The zero-order valence-corrected chi connectivity index (χ0v) is 14.2. The second kappa shape index (κ2) is 7.62. The summed E-state index contributed by atoms with van der Waals surface area (Å²) in [7, 11) is 0. The maximum absolute atomic E-state index is 12.6. The fourth-order valence-electron chi connectivity index (χ4n) is 4.10. The second-order valence-electron chi connectivity index (χ2n) is 6.99. The molecule has 23 heavy (non-hydrogen) atoms. The Morgan fingerprint density at radius 1 is 0.826 bits per heavy atom. The lowest BCUT2D eigenvalue weighted by Crippen LogP contribution is -2.51. The summed E-state index contributed by atoms with van der Waals surface area (Å²) in [5.41, 5.74) is 0. The number of amides is 2. The molecule has 0 saturated carbocycles. The van der Waals surface area contributed by atoms with Gasteiger partial charge < -0.3 is 19.4 Å². The SMILES string of the molecule is CC(=O)N1CCC(N2CCC(C(=O)N3CCOCC3)CC2)CC1. The summed E-state index contributed by atoms with van der Waals surface area (Å²) < 4.78 is 5.33. The van der Waals surface area contributed by atoms with Gasteiger partial charge >= 0.3 is 0 Å². The topological polar surface area (TPSA) is 53.1 Å². The normalized spacial score (nSPS) is 25.6. The molecule has 0 N–H and O–H groups in total. The smallest absolute Gasteiger partial charge is 0.225 e. The van der Waals surface area contributed by atoms with E-state index >= 15 is 0 Å². The van der Waals surface area contributed by atoms with E-state index < -0.39 is 0 Å². The minimum absolute atomic E-state index is 0.193. The van der Waals surface area contributed by atoms with Gasteiger partial charge in [0.05, 0.1) is 13.2 Å². The molecule has 0 atom stereocenters. The van der Waals surface area contributed by atoms with Crippen LogP contribution in [-0.4, -0.2) is 85.0 Å². The minimum Gasteiger partial charge on any atom is -0.378 e. The van der Waals surface area contributed by atoms with Crippen molar-refractivity contribution in [3.8, 4) is 0 Å². The molecule has 3 aliphatic rings. The van der Waals surface area contributed by atoms with Gasteiger partial charge in [0.25, 0.3) is 0 Å². The highest BCUT2D eigenvalue weighted by atomic mass is 16.5. The Hall–Kier alpha value is -1.14. The number of ether oxygens (including phenoxy) is 1. The van der Waals surface area contributed by atoms with E-state index in [1.807, 2.05) is 9.80 Å². The van der Waals surface area contributed by atoms with Gasteiger partial charge in [0.2, 0.25) is 11.8 Å². The van der Waals surface area contributed by atoms with E-state index in [4.69, 9.17) is 4.74 Å². The molecular formula is C17H29N3O3. The summed E-state index contributed by atoms with van der Waals surface area (Å²) in [5.74, 6) is 0.722. The number of piperidine rings is 2. The second-order valence-corrected chi connectivity index (χ2v) is 6.99. The number of morpholine rings is 1. The van der Waals surface area contributed by atoms with Gasteiger partial charge in [-0.2, -0.15) is 0 Å². The van der Waals surface area contributed by atoms with Crippen LogP contribution in [0.2, 0.25) is 0 Å². The molecule has 0 aromatic carbocycles. The summed E-state index contributed by atoms with van der Waals surface area (Å²) in [6, 6.07) is 0.588. The summed E-state index contributed by atoms with van der Waals surface area (Å²) in [4.78, 5) is 30.4. The molecule has 130 valence electrons. The highest BCUT2D eigenvalue weighted by molar-refractivity contribution is 5.79. The van der Waals surface area contributed by atoms with Crippen molar-refractivity contribution in [3.63, 3.8) is 0 Å². The van der Waals surface area contributed by atoms with Crippen LogP contribution in [0.4, 0.5) is 0 Å². The molecule has 0 unspecified atom stereocenters. The summed E-state index contributed by atoms with van der Waals surface area (Å²) in [6.07, 6.45) is 4.09. The molecule has 0 bridgehead atoms. The van der Waals surface area contributed by atoms with E-state index in [9.17, 15) is 9.59 Å². The number of hydrogen-bond donors (Lipinski definition) is 0. The Morgan fingerprint density at radius 2 is 1.43 bits per heavy atom. The molecule has 0 aromatic heterocycles. The van der Waals surface area contributed by atoms with Crippen molar-refractivity contribution >= 4 is 11.8 Å². The van der Waals surface area contributed by atoms with Crippen molar-refractivity contribution < 1.29 is 14.3 Å². The monoisotopic (exact) mass is 323 g/mol. The minimum atomic E-state index is 0.193. The first-order valence-corrected chi connectivity index (χ1v) is 9.01. The van der Waals surface area contributed by atoms with Crippen LogP contribution in [0.1, 0.15) is 32.6 Å². The van der Waals surface area contributed by atoms with Gasteiger partial charge in [-0.05, 0) is 38.8 Å². The molecule has 2 amide bonds. The lowest BCUT2D eigenvalue weighted by Gasteiger charge is -2.42. The van der Waals surface area contributed by atoms with Crippen molar-refractivity contribution in [1.29, 1.82) is 0 Å². The van der Waals surface area contributed by atoms with Crippen molar-refractivity contribution in [1.82, 2.24) is 14.7 Å². The highest BCUT2D eigenvalue weighted by Gasteiger charge is 2.33. The van der Waals surface area contributed by atoms with E-state index in [1.54, 1.807) is 6.92 Å². The van der Waals surface area contributed by atoms with Crippen molar-refractivity contribution in [3.05, 3.63) is 0 Å². The first kappa shape index (κ1) is 16.7. The largest absolute Gasteiger partial charge is 0.378 e. The average Bonchev–Trinajstić information content (AvgIpc) is 2.62. The van der Waals surface area contributed by atoms with Gasteiger partial charge in [-0.15, -0.1) is 0 Å². The fraction of sp³-hybridized carbons (Fsp3) is 0.882. The number of likely N-dealkylation sites (tertiary alicyclic amines) is 2. The van der Waals surface area contributed by atoms with Crippen molar-refractivity contribution in [2.75, 3.05) is 52.5 Å². The van der Waals surface area contributed by atoms with Crippen LogP contribution in [0.15, 0.2) is 0 Å². The molecule has 3 fully saturated rings. The Balaban J connectivity index is 1.43. The third-order valence-corrected chi connectivity index (χ3v) is 5.63.